The van der Waals surface area contributed by atoms with Gasteiger partial charge < -0.3 is 9.84 Å². The van der Waals surface area contributed by atoms with Crippen molar-refractivity contribution in [3.8, 4) is 5.75 Å². The molecule has 0 bridgehead atoms. The lowest BCUT2D eigenvalue weighted by Gasteiger charge is -2.33. The number of hydrogen-bond donors (Lipinski definition) is 2. The SMILES string of the molecule is Oc1cccc(C2CNC3(CCCCC3)O2)c1. The highest BCUT2D eigenvalue weighted by Crippen LogP contribution is 2.38. The smallest absolute Gasteiger partial charge is 0.120 e. The fraction of sp³-hybridized carbons (Fsp3) is 0.571. The maximum Gasteiger partial charge on any atom is 0.120 e. The van der Waals surface area contributed by atoms with Crippen molar-refractivity contribution in [1.29, 1.82) is 0 Å². The molecule has 17 heavy (non-hydrogen) atoms. The summed E-state index contributed by atoms with van der Waals surface area (Å²) >= 11 is 0. The minimum absolute atomic E-state index is 0.0835. The molecule has 3 heteroatoms. The van der Waals surface area contributed by atoms with Gasteiger partial charge in [0, 0.05) is 6.54 Å². The molecule has 3 nitrogen and oxygen atoms in total. The molecule has 2 N–H and O–H groups in total. The van der Waals surface area contributed by atoms with E-state index in [1.807, 2.05) is 12.1 Å². The molecule has 1 aromatic carbocycles. The van der Waals surface area contributed by atoms with Gasteiger partial charge in [-0.25, -0.2) is 0 Å². The standard InChI is InChI=1S/C14H19NO2/c16-12-6-4-5-11(9-12)13-10-15-14(17-13)7-2-1-3-8-14/h4-6,9,13,15-16H,1-3,7-8,10H2. The Bertz CT molecular complexity index is 399. The lowest BCUT2D eigenvalue weighted by Crippen LogP contribution is -2.42. The van der Waals surface area contributed by atoms with Crippen LogP contribution in [0.5, 0.6) is 5.75 Å². The molecule has 0 aromatic heterocycles. The van der Waals surface area contributed by atoms with Gasteiger partial charge in [-0.15, -0.1) is 0 Å². The van der Waals surface area contributed by atoms with Crippen LogP contribution in [0, 0.1) is 0 Å². The molecule has 1 aliphatic carbocycles. The maximum atomic E-state index is 9.50. The van der Waals surface area contributed by atoms with Crippen LogP contribution in [-0.2, 0) is 4.74 Å². The normalized spacial score (nSPS) is 27.4. The number of benzene rings is 1. The van der Waals surface area contributed by atoms with Crippen LogP contribution >= 0.6 is 0 Å². The van der Waals surface area contributed by atoms with Gasteiger partial charge in [-0.05, 0) is 43.4 Å². The fourth-order valence-electron chi connectivity index (χ4n) is 2.96. The largest absolute Gasteiger partial charge is 0.508 e. The van der Waals surface area contributed by atoms with Crippen molar-refractivity contribution in [2.75, 3.05) is 6.54 Å². The van der Waals surface area contributed by atoms with Crippen LogP contribution in [0.3, 0.4) is 0 Å². The summed E-state index contributed by atoms with van der Waals surface area (Å²) < 4.78 is 6.21. The van der Waals surface area contributed by atoms with Gasteiger partial charge >= 0.3 is 0 Å². The van der Waals surface area contributed by atoms with Gasteiger partial charge in [-0.3, -0.25) is 5.32 Å². The van der Waals surface area contributed by atoms with Gasteiger partial charge in [0.2, 0.25) is 0 Å². The van der Waals surface area contributed by atoms with E-state index in [4.69, 9.17) is 4.74 Å². The van der Waals surface area contributed by atoms with E-state index in [1.54, 1.807) is 12.1 Å². The van der Waals surface area contributed by atoms with Crippen molar-refractivity contribution in [2.45, 2.75) is 43.9 Å². The predicted molar refractivity (Wildman–Crippen MR) is 65.8 cm³/mol. The molecule has 1 unspecified atom stereocenters. The molecule has 1 saturated heterocycles. The highest BCUT2D eigenvalue weighted by molar-refractivity contribution is 5.29. The molecule has 2 aliphatic rings. The molecule has 92 valence electrons. The summed E-state index contributed by atoms with van der Waals surface area (Å²) in [5, 5.41) is 13.0. The quantitative estimate of drug-likeness (QED) is 0.783. The number of nitrogens with one attached hydrogen (secondary N) is 1. The lowest BCUT2D eigenvalue weighted by atomic mass is 9.92. The van der Waals surface area contributed by atoms with E-state index in [1.165, 1.54) is 19.3 Å². The van der Waals surface area contributed by atoms with Gasteiger partial charge in [-0.1, -0.05) is 18.6 Å². The first-order chi connectivity index (χ1) is 8.27. The second-order valence-electron chi connectivity index (χ2n) is 5.14. The van der Waals surface area contributed by atoms with Crippen LogP contribution < -0.4 is 5.32 Å². The van der Waals surface area contributed by atoms with Gasteiger partial charge in [0.25, 0.3) is 0 Å². The second kappa shape index (κ2) is 4.31. The molecular weight excluding hydrogens is 214 g/mol. The lowest BCUT2D eigenvalue weighted by molar-refractivity contribution is -0.0745. The van der Waals surface area contributed by atoms with E-state index >= 15 is 0 Å². The first-order valence-electron chi connectivity index (χ1n) is 6.49. The van der Waals surface area contributed by atoms with Crippen molar-refractivity contribution in [2.24, 2.45) is 0 Å². The van der Waals surface area contributed by atoms with Gasteiger partial charge in [0.15, 0.2) is 0 Å². The summed E-state index contributed by atoms with van der Waals surface area (Å²) in [6.07, 6.45) is 6.13. The zero-order chi connectivity index (χ0) is 11.7. The van der Waals surface area contributed by atoms with E-state index in [-0.39, 0.29) is 11.8 Å². The third-order valence-corrected chi connectivity index (χ3v) is 3.88. The third-order valence-electron chi connectivity index (χ3n) is 3.88. The summed E-state index contributed by atoms with van der Waals surface area (Å²) in [7, 11) is 0. The summed E-state index contributed by atoms with van der Waals surface area (Å²) in [6.45, 7) is 0.851. The van der Waals surface area contributed by atoms with E-state index in [9.17, 15) is 5.11 Å². The average Bonchev–Trinajstić information content (AvgIpc) is 2.74. The number of aromatic hydroxyl groups is 1. The molecule has 1 heterocycles. The monoisotopic (exact) mass is 233 g/mol. The van der Waals surface area contributed by atoms with Crippen LogP contribution in [-0.4, -0.2) is 17.4 Å². The van der Waals surface area contributed by atoms with Crippen LogP contribution in [0.2, 0.25) is 0 Å². The maximum absolute atomic E-state index is 9.50. The third kappa shape index (κ3) is 2.17. The first-order valence-corrected chi connectivity index (χ1v) is 6.49. The minimum Gasteiger partial charge on any atom is -0.508 e. The number of phenols is 1. The fourth-order valence-corrected chi connectivity index (χ4v) is 2.96. The van der Waals surface area contributed by atoms with Crippen molar-refractivity contribution < 1.29 is 9.84 Å². The van der Waals surface area contributed by atoms with Gasteiger partial charge in [0.05, 0.1) is 6.10 Å². The highest BCUT2D eigenvalue weighted by atomic mass is 16.5. The summed E-state index contributed by atoms with van der Waals surface area (Å²) in [5.41, 5.74) is 0.980. The Hall–Kier alpha value is -1.06. The molecule has 1 aliphatic heterocycles. The molecule has 3 rings (SSSR count). The number of hydrogen-bond acceptors (Lipinski definition) is 3. The Morgan fingerprint density at radius 3 is 2.82 bits per heavy atom. The summed E-state index contributed by atoms with van der Waals surface area (Å²) in [4.78, 5) is 0. The molecule has 1 saturated carbocycles. The van der Waals surface area contributed by atoms with Crippen molar-refractivity contribution in [3.63, 3.8) is 0 Å². The Morgan fingerprint density at radius 2 is 2.06 bits per heavy atom. The van der Waals surface area contributed by atoms with Crippen molar-refractivity contribution >= 4 is 0 Å². The molecule has 1 atom stereocenters. The van der Waals surface area contributed by atoms with Crippen molar-refractivity contribution in [3.05, 3.63) is 29.8 Å². The van der Waals surface area contributed by atoms with Gasteiger partial charge in [0.1, 0.15) is 11.5 Å². The molecular formula is C14H19NO2. The number of ether oxygens (including phenoxy) is 1. The summed E-state index contributed by atoms with van der Waals surface area (Å²) in [5.74, 6) is 0.315. The van der Waals surface area contributed by atoms with E-state index in [0.717, 1.165) is 24.9 Å². The topological polar surface area (TPSA) is 41.5 Å². The number of rotatable bonds is 1. The predicted octanol–water partition coefficient (Wildman–Crippen LogP) is 2.71. The van der Waals surface area contributed by atoms with Gasteiger partial charge in [-0.2, -0.15) is 0 Å². The molecule has 2 fully saturated rings. The molecule has 0 radical (unpaired) electrons. The zero-order valence-corrected chi connectivity index (χ0v) is 9.98. The Labute approximate surface area is 102 Å². The van der Waals surface area contributed by atoms with Crippen molar-refractivity contribution in [1.82, 2.24) is 5.32 Å². The van der Waals surface area contributed by atoms with E-state index in [0.29, 0.717) is 5.75 Å². The molecule has 1 aromatic rings. The van der Waals surface area contributed by atoms with E-state index < -0.39 is 0 Å². The van der Waals surface area contributed by atoms with E-state index in [2.05, 4.69) is 5.32 Å². The van der Waals surface area contributed by atoms with Crippen LogP contribution in [0.25, 0.3) is 0 Å². The average molecular weight is 233 g/mol. The minimum atomic E-state index is -0.0889. The van der Waals surface area contributed by atoms with Crippen LogP contribution in [0.15, 0.2) is 24.3 Å². The Balaban J connectivity index is 1.75. The Morgan fingerprint density at radius 1 is 1.24 bits per heavy atom. The molecule has 1 spiro atoms. The van der Waals surface area contributed by atoms with Crippen LogP contribution in [0.1, 0.15) is 43.8 Å². The van der Waals surface area contributed by atoms with Crippen LogP contribution in [0.4, 0.5) is 0 Å². The first kappa shape index (κ1) is 11.1. The Kier molecular flexibility index (Phi) is 2.81. The highest BCUT2D eigenvalue weighted by Gasteiger charge is 2.40. The number of phenolic OH excluding ortho intramolecular Hbond substituents is 1. The second-order valence-corrected chi connectivity index (χ2v) is 5.14. The summed E-state index contributed by atoms with van der Waals surface area (Å²) in [6, 6.07) is 7.39. The zero-order valence-electron chi connectivity index (χ0n) is 9.98. The molecule has 0 amide bonds.